The van der Waals surface area contributed by atoms with Gasteiger partial charge in [0.25, 0.3) is 0 Å². The Bertz CT molecular complexity index is 1360. The van der Waals surface area contributed by atoms with Crippen LogP contribution in [0.25, 0.3) is 17.2 Å². The van der Waals surface area contributed by atoms with Crippen molar-refractivity contribution in [2.45, 2.75) is 33.8 Å². The summed E-state index contributed by atoms with van der Waals surface area (Å²) in [7, 11) is 0. The Morgan fingerprint density at radius 1 is 1.27 bits per heavy atom. The Labute approximate surface area is 214 Å². The van der Waals surface area contributed by atoms with Gasteiger partial charge in [0.05, 0.1) is 24.5 Å². The molecule has 9 heteroatoms. The van der Waals surface area contributed by atoms with Crippen LogP contribution in [-0.4, -0.2) is 23.7 Å². The van der Waals surface area contributed by atoms with Crippen LogP contribution in [0.2, 0.25) is 0 Å². The van der Waals surface area contributed by atoms with Crippen LogP contribution in [0, 0.1) is 13.8 Å². The van der Waals surface area contributed by atoms with Crippen molar-refractivity contribution in [1.29, 1.82) is 0 Å². The maximum atomic E-state index is 12.1. The minimum absolute atomic E-state index is 0.0114. The number of halogens is 2. The first-order chi connectivity index (χ1) is 17.7. The molecule has 7 nitrogen and oxygen atoms in total. The molecule has 1 amide bonds. The molecule has 0 saturated carbocycles. The summed E-state index contributed by atoms with van der Waals surface area (Å²) >= 11 is 0. The number of carbonyl (C=O) groups is 1. The molecule has 0 aliphatic carbocycles. The van der Waals surface area contributed by atoms with Crippen LogP contribution in [0.3, 0.4) is 0 Å². The number of nitrogens with zero attached hydrogens (tertiary/aromatic N) is 2. The molecular formula is C28H28F2N4O3. The Hall–Kier alpha value is -4.53. The maximum Gasteiger partial charge on any atom is 0.387 e. The summed E-state index contributed by atoms with van der Waals surface area (Å²) in [6.07, 6.45) is 6.32. The van der Waals surface area contributed by atoms with Crippen molar-refractivity contribution in [3.8, 4) is 11.5 Å². The maximum absolute atomic E-state index is 12.1. The first-order valence-electron chi connectivity index (χ1n) is 11.4. The van der Waals surface area contributed by atoms with Crippen molar-refractivity contribution >= 4 is 29.2 Å². The van der Waals surface area contributed by atoms with Gasteiger partial charge in [0, 0.05) is 22.5 Å². The summed E-state index contributed by atoms with van der Waals surface area (Å²) in [4.78, 5) is 19.4. The van der Waals surface area contributed by atoms with E-state index in [0.717, 1.165) is 39.4 Å². The molecule has 2 aromatic carbocycles. The molecule has 0 atom stereocenters. The number of aromatic nitrogens is 1. The second-order valence-corrected chi connectivity index (χ2v) is 8.03. The summed E-state index contributed by atoms with van der Waals surface area (Å²) in [6.45, 7) is 9.95. The lowest BCUT2D eigenvalue weighted by Crippen LogP contribution is -2.03. The molecule has 1 aliphatic rings. The zero-order chi connectivity index (χ0) is 26.9. The number of amides is 1. The van der Waals surface area contributed by atoms with Crippen LogP contribution in [0.4, 0.5) is 20.2 Å². The summed E-state index contributed by atoms with van der Waals surface area (Å²) in [6, 6.07) is 11.4. The van der Waals surface area contributed by atoms with Crippen LogP contribution in [-0.2, 0) is 16.0 Å². The van der Waals surface area contributed by atoms with Crippen molar-refractivity contribution in [3.05, 3.63) is 96.2 Å². The number of nitrogens with one attached hydrogen (secondary N) is 2. The highest BCUT2D eigenvalue weighted by molar-refractivity contribution is 5.99. The molecule has 2 N–H and O–H groups in total. The van der Waals surface area contributed by atoms with Gasteiger partial charge in [-0.1, -0.05) is 25.3 Å². The van der Waals surface area contributed by atoms with Crippen LogP contribution in [0.1, 0.15) is 29.4 Å². The van der Waals surface area contributed by atoms with E-state index in [4.69, 9.17) is 4.42 Å². The molecule has 37 heavy (non-hydrogen) atoms. The van der Waals surface area contributed by atoms with E-state index in [9.17, 15) is 13.6 Å². The molecule has 3 aromatic rings. The number of carbonyl (C=O) groups excluding carboxylic acids is 1. The lowest BCUT2D eigenvalue weighted by atomic mass is 10.1. The van der Waals surface area contributed by atoms with Crippen molar-refractivity contribution in [2.24, 2.45) is 4.99 Å². The topological polar surface area (TPSA) is 88.8 Å². The molecule has 2 heterocycles. The van der Waals surface area contributed by atoms with E-state index >= 15 is 0 Å². The Balaban J connectivity index is 0.000000212. The van der Waals surface area contributed by atoms with Gasteiger partial charge < -0.3 is 19.8 Å². The normalized spacial score (nSPS) is 12.6. The van der Waals surface area contributed by atoms with E-state index in [1.165, 1.54) is 12.3 Å². The van der Waals surface area contributed by atoms with Crippen LogP contribution in [0.15, 0.2) is 83.2 Å². The molecule has 0 bridgehead atoms. The van der Waals surface area contributed by atoms with E-state index in [-0.39, 0.29) is 11.7 Å². The lowest BCUT2D eigenvalue weighted by molar-refractivity contribution is -0.115. The average Bonchev–Trinajstić information content (AvgIpc) is 3.47. The minimum atomic E-state index is -2.88. The number of aliphatic imine (C=N–C) groups is 1. The van der Waals surface area contributed by atoms with E-state index < -0.39 is 6.61 Å². The summed E-state index contributed by atoms with van der Waals surface area (Å²) < 4.78 is 34.0. The number of hydrogen-bond acceptors (Lipinski definition) is 6. The molecule has 192 valence electrons. The van der Waals surface area contributed by atoms with Crippen molar-refractivity contribution in [1.82, 2.24) is 4.98 Å². The fraction of sp³-hybridized carbons (Fsp3) is 0.179. The van der Waals surface area contributed by atoms with Gasteiger partial charge in [0.2, 0.25) is 11.8 Å². The summed E-state index contributed by atoms with van der Waals surface area (Å²) in [5, 5.41) is 5.80. The number of aryl methyl sites for hydroxylation is 2. The molecule has 1 aliphatic heterocycles. The first kappa shape index (κ1) is 27.1. The zero-order valence-electron chi connectivity index (χ0n) is 20.8. The highest BCUT2D eigenvalue weighted by Crippen LogP contribution is 2.28. The fourth-order valence-electron chi connectivity index (χ4n) is 3.41. The van der Waals surface area contributed by atoms with Gasteiger partial charge >= 0.3 is 6.61 Å². The van der Waals surface area contributed by atoms with E-state index in [1.807, 2.05) is 50.2 Å². The Kier molecular flexibility index (Phi) is 9.10. The number of alkyl halides is 2. The van der Waals surface area contributed by atoms with Gasteiger partial charge in [0.15, 0.2) is 0 Å². The van der Waals surface area contributed by atoms with Gasteiger partial charge in [-0.25, -0.2) is 4.98 Å². The van der Waals surface area contributed by atoms with Gasteiger partial charge in [-0.2, -0.15) is 8.78 Å². The Morgan fingerprint density at radius 2 is 2.05 bits per heavy atom. The zero-order valence-corrected chi connectivity index (χ0v) is 20.8. The average molecular weight is 507 g/mol. The second-order valence-electron chi connectivity index (χ2n) is 8.03. The summed E-state index contributed by atoms with van der Waals surface area (Å²) in [5.41, 5.74) is 5.94. The third-order valence-electron chi connectivity index (χ3n) is 5.28. The predicted molar refractivity (Wildman–Crippen MR) is 142 cm³/mol. The molecule has 0 spiro atoms. The van der Waals surface area contributed by atoms with Crippen molar-refractivity contribution in [3.63, 3.8) is 0 Å². The lowest BCUT2D eigenvalue weighted by Gasteiger charge is -2.09. The minimum Gasteiger partial charge on any atom is -0.441 e. The number of rotatable bonds is 8. The van der Waals surface area contributed by atoms with Gasteiger partial charge in [-0.3, -0.25) is 9.79 Å². The SMILES string of the molecule is C=CNc1cc(C(=C)N=C/C(=C\C)OC(F)F)ccc1C.Cc1cnc(-c2ccc3c(c2)CC(=O)N3)o1. The number of fused-ring (bicyclic) bond motifs is 1. The van der Waals surface area contributed by atoms with Gasteiger partial charge in [-0.05, 0) is 68.4 Å². The molecule has 0 fully saturated rings. The second kappa shape index (κ2) is 12.4. The number of hydrogen-bond donors (Lipinski definition) is 2. The number of benzene rings is 2. The number of allylic oxidation sites excluding steroid dienone is 2. The van der Waals surface area contributed by atoms with Crippen molar-refractivity contribution in [2.75, 3.05) is 10.6 Å². The van der Waals surface area contributed by atoms with Crippen molar-refractivity contribution < 1.29 is 22.7 Å². The number of ether oxygens (including phenoxy) is 1. The fourth-order valence-corrected chi connectivity index (χ4v) is 3.41. The predicted octanol–water partition coefficient (Wildman–Crippen LogP) is 6.88. The molecular weight excluding hydrogens is 478 g/mol. The molecule has 0 saturated heterocycles. The smallest absolute Gasteiger partial charge is 0.387 e. The van der Waals surface area contributed by atoms with E-state index in [0.29, 0.717) is 18.0 Å². The van der Waals surface area contributed by atoms with Gasteiger partial charge in [0.1, 0.15) is 11.5 Å². The third-order valence-corrected chi connectivity index (χ3v) is 5.28. The highest BCUT2D eigenvalue weighted by atomic mass is 19.3. The van der Waals surface area contributed by atoms with E-state index in [2.05, 4.69) is 38.5 Å². The van der Waals surface area contributed by atoms with Crippen LogP contribution < -0.4 is 10.6 Å². The molecule has 4 rings (SSSR count). The number of oxazole rings is 1. The summed E-state index contributed by atoms with van der Waals surface area (Å²) in [5.74, 6) is 1.41. The standard InChI is InChI=1S/C16H18F2N2O.C12H10N2O2/c1-5-14(21-16(17)18)10-20-12(4)13-8-7-11(3)15(9-13)19-6-2;1-7-6-13-12(16-7)8-2-3-10-9(4-8)5-11(15)14-10/h5-10,16,19H,2,4H2,1,3H3;2-4,6H,5H2,1H3,(H,14,15)/b14-5+,20-10?;. The molecule has 0 radical (unpaired) electrons. The van der Waals surface area contributed by atoms with Crippen LogP contribution in [0.5, 0.6) is 0 Å². The highest BCUT2D eigenvalue weighted by Gasteiger charge is 2.18. The molecule has 0 unspecified atom stereocenters. The van der Waals surface area contributed by atoms with Crippen LogP contribution >= 0.6 is 0 Å². The van der Waals surface area contributed by atoms with E-state index in [1.54, 1.807) is 19.3 Å². The quantitative estimate of drug-likeness (QED) is 0.257. The third kappa shape index (κ3) is 7.47. The Morgan fingerprint density at radius 3 is 2.70 bits per heavy atom. The van der Waals surface area contributed by atoms with Gasteiger partial charge in [-0.15, -0.1) is 0 Å². The largest absolute Gasteiger partial charge is 0.441 e. The molecule has 1 aromatic heterocycles. The monoisotopic (exact) mass is 506 g/mol. The first-order valence-corrected chi connectivity index (χ1v) is 11.4. The number of anilines is 2.